The van der Waals surface area contributed by atoms with Gasteiger partial charge in [-0.3, -0.25) is 0 Å². The van der Waals surface area contributed by atoms with E-state index in [1.807, 2.05) is 43.3 Å². The monoisotopic (exact) mass is 274 g/mol. The van der Waals surface area contributed by atoms with Gasteiger partial charge in [0.25, 0.3) is 0 Å². The predicted octanol–water partition coefficient (Wildman–Crippen LogP) is 4.25. The zero-order valence-corrected chi connectivity index (χ0v) is 12.6. The quantitative estimate of drug-likeness (QED) is 0.737. The Kier molecular flexibility index (Phi) is 4.85. The third kappa shape index (κ3) is 3.42. The number of hydrogen-bond donors (Lipinski definition) is 0. The molecular formula is C17H22O3. The van der Waals surface area contributed by atoms with Crippen LogP contribution in [0.4, 0.5) is 0 Å². The second kappa shape index (κ2) is 6.62. The van der Waals surface area contributed by atoms with Crippen molar-refractivity contribution in [3.05, 3.63) is 36.4 Å². The van der Waals surface area contributed by atoms with Crippen LogP contribution < -0.4 is 9.47 Å². The highest BCUT2D eigenvalue weighted by Gasteiger charge is 2.10. The molecule has 0 saturated carbocycles. The number of fused-ring (bicyclic) bond motifs is 1. The predicted molar refractivity (Wildman–Crippen MR) is 81.4 cm³/mol. The van der Waals surface area contributed by atoms with Crippen molar-refractivity contribution in [2.24, 2.45) is 5.92 Å². The molecule has 3 heteroatoms. The minimum atomic E-state index is -0.269. The minimum absolute atomic E-state index is 0.269. The normalized spacial score (nSPS) is 12.7. The van der Waals surface area contributed by atoms with Crippen LogP contribution in [0, 0.1) is 5.92 Å². The van der Waals surface area contributed by atoms with Crippen LogP contribution in [-0.4, -0.2) is 20.0 Å². The van der Waals surface area contributed by atoms with Crippen LogP contribution in [0.25, 0.3) is 10.8 Å². The molecule has 0 aliphatic heterocycles. The van der Waals surface area contributed by atoms with Crippen molar-refractivity contribution < 1.29 is 14.2 Å². The van der Waals surface area contributed by atoms with Gasteiger partial charge in [0.1, 0.15) is 11.5 Å². The molecule has 0 radical (unpaired) electrons. The first-order valence-electron chi connectivity index (χ1n) is 6.95. The third-order valence-corrected chi connectivity index (χ3v) is 3.02. The lowest BCUT2D eigenvalue weighted by atomic mass is 10.1. The molecule has 0 fully saturated rings. The molecule has 0 aliphatic rings. The molecule has 1 atom stereocenters. The van der Waals surface area contributed by atoms with Gasteiger partial charge in [0.15, 0.2) is 6.29 Å². The Hall–Kier alpha value is -1.74. The van der Waals surface area contributed by atoms with Gasteiger partial charge in [-0.25, -0.2) is 0 Å². The van der Waals surface area contributed by atoms with Crippen LogP contribution in [0.3, 0.4) is 0 Å². The summed E-state index contributed by atoms with van der Waals surface area (Å²) in [6.45, 7) is 6.85. The molecule has 0 aliphatic carbocycles. The van der Waals surface area contributed by atoms with Gasteiger partial charge < -0.3 is 14.2 Å². The standard InChI is InChI=1S/C17H22O3/c1-12(2)11-19-13(3)20-17-10-9-16(18-4)14-7-5-6-8-15(14)17/h5-10,12-13H,11H2,1-4H3. The summed E-state index contributed by atoms with van der Waals surface area (Å²) in [4.78, 5) is 0. The maximum Gasteiger partial charge on any atom is 0.197 e. The highest BCUT2D eigenvalue weighted by Crippen LogP contribution is 2.33. The van der Waals surface area contributed by atoms with Crippen LogP contribution in [-0.2, 0) is 4.74 Å². The topological polar surface area (TPSA) is 27.7 Å². The maximum atomic E-state index is 5.90. The highest BCUT2D eigenvalue weighted by atomic mass is 16.7. The molecule has 0 spiro atoms. The van der Waals surface area contributed by atoms with Gasteiger partial charge in [0, 0.05) is 10.8 Å². The highest BCUT2D eigenvalue weighted by molar-refractivity contribution is 5.93. The fourth-order valence-corrected chi connectivity index (χ4v) is 2.07. The SMILES string of the molecule is COc1ccc(OC(C)OCC(C)C)c2ccccc12. The number of benzene rings is 2. The van der Waals surface area contributed by atoms with E-state index in [9.17, 15) is 0 Å². The van der Waals surface area contributed by atoms with E-state index >= 15 is 0 Å². The van der Waals surface area contributed by atoms with Crippen molar-refractivity contribution in [2.45, 2.75) is 27.1 Å². The summed E-state index contributed by atoms with van der Waals surface area (Å²) in [5, 5.41) is 2.08. The van der Waals surface area contributed by atoms with Crippen molar-refractivity contribution in [1.82, 2.24) is 0 Å². The molecule has 0 N–H and O–H groups in total. The van der Waals surface area contributed by atoms with Crippen LogP contribution in [0.1, 0.15) is 20.8 Å². The van der Waals surface area contributed by atoms with Crippen LogP contribution in [0.5, 0.6) is 11.5 Å². The second-order valence-corrected chi connectivity index (χ2v) is 5.22. The Labute approximate surface area is 120 Å². The molecule has 0 aromatic heterocycles. The molecule has 2 rings (SSSR count). The Morgan fingerprint density at radius 1 is 0.900 bits per heavy atom. The van der Waals surface area contributed by atoms with Crippen molar-refractivity contribution in [3.63, 3.8) is 0 Å². The number of methoxy groups -OCH3 is 1. The molecule has 0 bridgehead atoms. The molecule has 0 saturated heterocycles. The molecule has 1 unspecified atom stereocenters. The van der Waals surface area contributed by atoms with Gasteiger partial charge in [-0.05, 0) is 25.0 Å². The van der Waals surface area contributed by atoms with Crippen LogP contribution >= 0.6 is 0 Å². The third-order valence-electron chi connectivity index (χ3n) is 3.02. The van der Waals surface area contributed by atoms with E-state index in [-0.39, 0.29) is 6.29 Å². The van der Waals surface area contributed by atoms with E-state index < -0.39 is 0 Å². The Morgan fingerprint density at radius 2 is 1.50 bits per heavy atom. The van der Waals surface area contributed by atoms with Crippen molar-refractivity contribution in [1.29, 1.82) is 0 Å². The lowest BCUT2D eigenvalue weighted by Gasteiger charge is -2.18. The summed E-state index contributed by atoms with van der Waals surface area (Å²) in [6, 6.07) is 11.9. The summed E-state index contributed by atoms with van der Waals surface area (Å²) in [5.41, 5.74) is 0. The lowest BCUT2D eigenvalue weighted by Crippen LogP contribution is -2.19. The van der Waals surface area contributed by atoms with E-state index in [2.05, 4.69) is 13.8 Å². The fraction of sp³-hybridized carbons (Fsp3) is 0.412. The van der Waals surface area contributed by atoms with Gasteiger partial charge in [-0.1, -0.05) is 38.1 Å². The zero-order chi connectivity index (χ0) is 14.5. The molecule has 2 aromatic rings. The molecule has 0 heterocycles. The van der Waals surface area contributed by atoms with E-state index in [0.29, 0.717) is 12.5 Å². The smallest absolute Gasteiger partial charge is 0.197 e. The average Bonchev–Trinajstić information content (AvgIpc) is 2.45. The summed E-state index contributed by atoms with van der Waals surface area (Å²) in [5.74, 6) is 2.16. The largest absolute Gasteiger partial charge is 0.496 e. The molecule has 3 nitrogen and oxygen atoms in total. The molecule has 0 amide bonds. The summed E-state index contributed by atoms with van der Waals surface area (Å²) >= 11 is 0. The van der Waals surface area contributed by atoms with Gasteiger partial charge in [0.2, 0.25) is 0 Å². The van der Waals surface area contributed by atoms with Crippen molar-refractivity contribution >= 4 is 10.8 Å². The lowest BCUT2D eigenvalue weighted by molar-refractivity contribution is -0.0748. The molecular weight excluding hydrogens is 252 g/mol. The second-order valence-electron chi connectivity index (χ2n) is 5.22. The number of hydrogen-bond acceptors (Lipinski definition) is 3. The summed E-state index contributed by atoms with van der Waals surface area (Å²) in [7, 11) is 1.68. The molecule has 2 aromatic carbocycles. The Morgan fingerprint density at radius 3 is 2.10 bits per heavy atom. The van der Waals surface area contributed by atoms with E-state index in [4.69, 9.17) is 14.2 Å². The zero-order valence-electron chi connectivity index (χ0n) is 12.6. The van der Waals surface area contributed by atoms with Gasteiger partial charge >= 0.3 is 0 Å². The van der Waals surface area contributed by atoms with Gasteiger partial charge in [-0.15, -0.1) is 0 Å². The first-order valence-corrected chi connectivity index (χ1v) is 6.95. The van der Waals surface area contributed by atoms with Gasteiger partial charge in [-0.2, -0.15) is 0 Å². The van der Waals surface area contributed by atoms with Crippen molar-refractivity contribution in [2.75, 3.05) is 13.7 Å². The first kappa shape index (κ1) is 14.7. The fourth-order valence-electron chi connectivity index (χ4n) is 2.07. The van der Waals surface area contributed by atoms with Crippen LogP contribution in [0.2, 0.25) is 0 Å². The first-order chi connectivity index (χ1) is 9.61. The van der Waals surface area contributed by atoms with Crippen LogP contribution in [0.15, 0.2) is 36.4 Å². The summed E-state index contributed by atoms with van der Waals surface area (Å²) < 4.78 is 16.9. The van der Waals surface area contributed by atoms with E-state index in [0.717, 1.165) is 22.3 Å². The molecule has 20 heavy (non-hydrogen) atoms. The number of rotatable bonds is 6. The maximum absolute atomic E-state index is 5.90. The summed E-state index contributed by atoms with van der Waals surface area (Å²) in [6.07, 6.45) is -0.269. The number of ether oxygens (including phenoxy) is 3. The Bertz CT molecular complexity index is 563. The Balaban J connectivity index is 2.22. The van der Waals surface area contributed by atoms with E-state index in [1.54, 1.807) is 7.11 Å². The minimum Gasteiger partial charge on any atom is -0.496 e. The van der Waals surface area contributed by atoms with Gasteiger partial charge in [0.05, 0.1) is 13.7 Å². The average molecular weight is 274 g/mol. The van der Waals surface area contributed by atoms with Crippen molar-refractivity contribution in [3.8, 4) is 11.5 Å². The van der Waals surface area contributed by atoms with E-state index in [1.165, 1.54) is 0 Å². The molecule has 108 valence electrons.